The van der Waals surface area contributed by atoms with Crippen molar-refractivity contribution in [2.75, 3.05) is 24.3 Å². The van der Waals surface area contributed by atoms with Crippen molar-refractivity contribution >= 4 is 17.3 Å². The first-order valence-corrected chi connectivity index (χ1v) is 8.35. The van der Waals surface area contributed by atoms with E-state index in [4.69, 9.17) is 0 Å². The highest BCUT2D eigenvalue weighted by Crippen LogP contribution is 2.35. The number of carbonyl (C=O) groups excluding carboxylic acids is 1. The van der Waals surface area contributed by atoms with E-state index in [-0.39, 0.29) is 5.69 Å². The molecule has 1 aromatic heterocycles. The molecule has 28 heavy (non-hydrogen) atoms. The number of rotatable bonds is 5. The van der Waals surface area contributed by atoms with Gasteiger partial charge in [0.05, 0.1) is 23.5 Å². The number of hydrogen-bond donors (Lipinski definition) is 1. The van der Waals surface area contributed by atoms with Gasteiger partial charge in [-0.25, -0.2) is 9.67 Å². The summed E-state index contributed by atoms with van der Waals surface area (Å²) in [7, 11) is 3.38. The van der Waals surface area contributed by atoms with Gasteiger partial charge in [0.1, 0.15) is 12.7 Å². The minimum atomic E-state index is -4.49. The van der Waals surface area contributed by atoms with Gasteiger partial charge in [-0.15, -0.1) is 0 Å². The molecule has 2 aromatic carbocycles. The number of nitrogens with one attached hydrogen (secondary N) is 1. The van der Waals surface area contributed by atoms with Crippen molar-refractivity contribution in [3.8, 4) is 0 Å². The lowest BCUT2D eigenvalue weighted by molar-refractivity contribution is -0.137. The monoisotopic (exact) mass is 389 g/mol. The van der Waals surface area contributed by atoms with E-state index in [1.165, 1.54) is 12.4 Å². The van der Waals surface area contributed by atoms with Crippen LogP contribution in [0.2, 0.25) is 0 Å². The van der Waals surface area contributed by atoms with Crippen LogP contribution in [0.3, 0.4) is 0 Å². The van der Waals surface area contributed by atoms with Crippen LogP contribution in [-0.2, 0) is 12.7 Å². The summed E-state index contributed by atoms with van der Waals surface area (Å²) in [5.74, 6) is -0.491. The molecule has 0 bridgehead atoms. The van der Waals surface area contributed by atoms with Gasteiger partial charge in [0.15, 0.2) is 0 Å². The number of hydrogen-bond acceptors (Lipinski definition) is 4. The standard InChI is InChI=1S/C19H18F3N5O/c1-26(2)17-8-7-15(19(20,21)22)9-16(17)25-18(28)14-5-3-13(4-6-14)10-27-12-23-11-24-27/h3-9,11-12H,10H2,1-2H3,(H,25,28). The summed E-state index contributed by atoms with van der Waals surface area (Å²) >= 11 is 0. The molecule has 0 unspecified atom stereocenters. The number of amides is 1. The maximum absolute atomic E-state index is 13.0. The number of anilines is 2. The predicted molar refractivity (Wildman–Crippen MR) is 99.3 cm³/mol. The highest BCUT2D eigenvalue weighted by molar-refractivity contribution is 6.06. The number of aromatic nitrogens is 3. The van der Waals surface area contributed by atoms with E-state index in [1.807, 2.05) is 0 Å². The molecule has 0 atom stereocenters. The summed E-state index contributed by atoms with van der Waals surface area (Å²) in [6.07, 6.45) is -1.48. The van der Waals surface area contributed by atoms with Crippen molar-refractivity contribution < 1.29 is 18.0 Å². The molecule has 3 rings (SSSR count). The van der Waals surface area contributed by atoms with Crippen LogP contribution >= 0.6 is 0 Å². The molecular formula is C19H18F3N5O. The summed E-state index contributed by atoms with van der Waals surface area (Å²) in [4.78, 5) is 18.0. The van der Waals surface area contributed by atoms with E-state index in [0.717, 1.165) is 17.7 Å². The van der Waals surface area contributed by atoms with Crippen LogP contribution < -0.4 is 10.2 Å². The molecule has 3 aromatic rings. The zero-order valence-electron chi connectivity index (χ0n) is 15.2. The van der Waals surface area contributed by atoms with Crippen LogP contribution in [0.1, 0.15) is 21.5 Å². The molecule has 0 radical (unpaired) electrons. The SMILES string of the molecule is CN(C)c1ccc(C(F)(F)F)cc1NC(=O)c1ccc(Cn2cncn2)cc1. The second-order valence-electron chi connectivity index (χ2n) is 6.37. The fraction of sp³-hybridized carbons (Fsp3) is 0.211. The molecule has 0 fully saturated rings. The maximum Gasteiger partial charge on any atom is 0.416 e. The minimum Gasteiger partial charge on any atom is -0.376 e. The van der Waals surface area contributed by atoms with Crippen LogP contribution in [-0.4, -0.2) is 34.8 Å². The molecule has 0 aliphatic heterocycles. The Balaban J connectivity index is 1.80. The van der Waals surface area contributed by atoms with Crippen molar-refractivity contribution in [2.24, 2.45) is 0 Å². The van der Waals surface area contributed by atoms with Gasteiger partial charge in [-0.05, 0) is 35.9 Å². The number of alkyl halides is 3. The van der Waals surface area contributed by atoms with Crippen molar-refractivity contribution in [1.29, 1.82) is 0 Å². The first-order chi connectivity index (χ1) is 13.2. The Morgan fingerprint density at radius 1 is 1.14 bits per heavy atom. The van der Waals surface area contributed by atoms with Gasteiger partial charge in [0.2, 0.25) is 0 Å². The van der Waals surface area contributed by atoms with Crippen molar-refractivity contribution in [3.05, 3.63) is 71.8 Å². The van der Waals surface area contributed by atoms with Gasteiger partial charge in [-0.3, -0.25) is 4.79 Å². The smallest absolute Gasteiger partial charge is 0.376 e. The third-order valence-corrected chi connectivity index (χ3v) is 4.08. The lowest BCUT2D eigenvalue weighted by Crippen LogP contribution is -2.18. The van der Waals surface area contributed by atoms with Crippen LogP contribution in [0.5, 0.6) is 0 Å². The zero-order chi connectivity index (χ0) is 20.3. The van der Waals surface area contributed by atoms with Gasteiger partial charge >= 0.3 is 6.18 Å². The Bertz CT molecular complexity index is 951. The first kappa shape index (κ1) is 19.4. The van der Waals surface area contributed by atoms with Gasteiger partial charge in [-0.1, -0.05) is 12.1 Å². The number of carbonyl (C=O) groups is 1. The molecule has 0 aliphatic rings. The molecule has 1 heterocycles. The second kappa shape index (κ2) is 7.71. The van der Waals surface area contributed by atoms with Crippen LogP contribution in [0, 0.1) is 0 Å². The van der Waals surface area contributed by atoms with Gasteiger partial charge < -0.3 is 10.2 Å². The molecule has 146 valence electrons. The summed E-state index contributed by atoms with van der Waals surface area (Å²) < 4.78 is 40.7. The summed E-state index contributed by atoms with van der Waals surface area (Å²) in [6.45, 7) is 0.500. The average molecular weight is 389 g/mol. The number of benzene rings is 2. The minimum absolute atomic E-state index is 0.0940. The summed E-state index contributed by atoms with van der Waals surface area (Å²) in [5, 5.41) is 6.59. The topological polar surface area (TPSA) is 63.1 Å². The Labute approximate surface area is 159 Å². The molecule has 9 heteroatoms. The van der Waals surface area contributed by atoms with E-state index in [9.17, 15) is 18.0 Å². The van der Waals surface area contributed by atoms with E-state index >= 15 is 0 Å². The first-order valence-electron chi connectivity index (χ1n) is 8.35. The molecule has 1 amide bonds. The molecular weight excluding hydrogens is 371 g/mol. The van der Waals surface area contributed by atoms with E-state index < -0.39 is 17.6 Å². The van der Waals surface area contributed by atoms with Crippen LogP contribution in [0.25, 0.3) is 0 Å². The normalized spacial score (nSPS) is 11.3. The van der Waals surface area contributed by atoms with Crippen molar-refractivity contribution in [1.82, 2.24) is 14.8 Å². The predicted octanol–water partition coefficient (Wildman–Crippen LogP) is 3.66. The third-order valence-electron chi connectivity index (χ3n) is 4.08. The Morgan fingerprint density at radius 3 is 2.43 bits per heavy atom. The Kier molecular flexibility index (Phi) is 5.34. The summed E-state index contributed by atoms with van der Waals surface area (Å²) in [5.41, 5.74) is 0.997. The summed E-state index contributed by atoms with van der Waals surface area (Å²) in [6, 6.07) is 10.0. The molecule has 6 nitrogen and oxygen atoms in total. The quantitative estimate of drug-likeness (QED) is 0.723. The highest BCUT2D eigenvalue weighted by atomic mass is 19.4. The lowest BCUT2D eigenvalue weighted by Gasteiger charge is -2.20. The van der Waals surface area contributed by atoms with Crippen LogP contribution in [0.4, 0.5) is 24.5 Å². The lowest BCUT2D eigenvalue weighted by atomic mass is 10.1. The second-order valence-corrected chi connectivity index (χ2v) is 6.37. The molecule has 1 N–H and O–H groups in total. The Hall–Kier alpha value is -3.36. The van der Waals surface area contributed by atoms with Crippen molar-refractivity contribution in [2.45, 2.75) is 12.7 Å². The third kappa shape index (κ3) is 4.48. The van der Waals surface area contributed by atoms with Crippen molar-refractivity contribution in [3.63, 3.8) is 0 Å². The average Bonchev–Trinajstić information content (AvgIpc) is 3.14. The number of nitrogens with zero attached hydrogens (tertiary/aromatic N) is 4. The number of halogens is 3. The molecule has 0 aliphatic carbocycles. The van der Waals surface area contributed by atoms with Gasteiger partial charge in [0.25, 0.3) is 5.91 Å². The largest absolute Gasteiger partial charge is 0.416 e. The maximum atomic E-state index is 13.0. The fourth-order valence-corrected chi connectivity index (χ4v) is 2.66. The van der Waals surface area contributed by atoms with Crippen LogP contribution in [0.15, 0.2) is 55.1 Å². The van der Waals surface area contributed by atoms with E-state index in [0.29, 0.717) is 17.8 Å². The Morgan fingerprint density at radius 2 is 1.86 bits per heavy atom. The molecule has 0 saturated carbocycles. The van der Waals surface area contributed by atoms with E-state index in [1.54, 1.807) is 54.3 Å². The zero-order valence-corrected chi connectivity index (χ0v) is 15.2. The van der Waals surface area contributed by atoms with Gasteiger partial charge in [0, 0.05) is 19.7 Å². The van der Waals surface area contributed by atoms with E-state index in [2.05, 4.69) is 15.4 Å². The highest BCUT2D eigenvalue weighted by Gasteiger charge is 2.31. The molecule has 0 spiro atoms. The molecule has 0 saturated heterocycles. The fourth-order valence-electron chi connectivity index (χ4n) is 2.66. The van der Waals surface area contributed by atoms with Gasteiger partial charge in [-0.2, -0.15) is 18.3 Å².